The van der Waals surface area contributed by atoms with Gasteiger partial charge < -0.3 is 9.47 Å². The van der Waals surface area contributed by atoms with Gasteiger partial charge in [0.1, 0.15) is 5.78 Å². The van der Waals surface area contributed by atoms with Gasteiger partial charge in [-0.15, -0.1) is 6.58 Å². The van der Waals surface area contributed by atoms with Crippen molar-refractivity contribution < 1.29 is 14.3 Å². The number of carbonyl (C=O) groups is 1. The van der Waals surface area contributed by atoms with Gasteiger partial charge in [0, 0.05) is 31.5 Å². The molecule has 1 fully saturated rings. The van der Waals surface area contributed by atoms with E-state index in [4.69, 9.17) is 9.47 Å². The molecule has 0 saturated carbocycles. The van der Waals surface area contributed by atoms with Crippen molar-refractivity contribution in [3.8, 4) is 11.5 Å². The molecule has 4 nitrogen and oxygen atoms in total. The highest BCUT2D eigenvalue weighted by atomic mass is 16.5. The second kappa shape index (κ2) is 6.36. The van der Waals surface area contributed by atoms with Gasteiger partial charge in [0.25, 0.3) is 0 Å². The quantitative estimate of drug-likeness (QED) is 0.800. The number of ketones is 1. The minimum atomic E-state index is 0.102. The van der Waals surface area contributed by atoms with E-state index < -0.39 is 0 Å². The van der Waals surface area contributed by atoms with Crippen LogP contribution < -0.4 is 9.47 Å². The lowest BCUT2D eigenvalue weighted by molar-refractivity contribution is -0.128. The summed E-state index contributed by atoms with van der Waals surface area (Å²) in [6.45, 7) is 7.80. The molecular formula is C19H25NO3. The molecule has 1 saturated heterocycles. The summed E-state index contributed by atoms with van der Waals surface area (Å²) in [5, 5.41) is 0. The molecule has 23 heavy (non-hydrogen) atoms. The maximum Gasteiger partial charge on any atom is 0.161 e. The number of Topliss-reactive ketones (excluding diaryl/α,β-unsaturated/α-hetero) is 1. The maximum absolute atomic E-state index is 12.5. The third kappa shape index (κ3) is 3.00. The first-order valence-electron chi connectivity index (χ1n) is 8.19. The van der Waals surface area contributed by atoms with Gasteiger partial charge in [-0.05, 0) is 43.0 Å². The summed E-state index contributed by atoms with van der Waals surface area (Å²) in [6, 6.07) is 4.29. The zero-order valence-corrected chi connectivity index (χ0v) is 14.2. The standard InChI is InChI=1S/C19H25NO3/c1-12(2)7-14-11-20-6-5-13-8-18(22-3)19(23-4)9-15(13)16(20)10-17(14)21/h8-9,14,16H,1,5-7,10-11H2,2-4H3. The van der Waals surface area contributed by atoms with Crippen LogP contribution in [0.2, 0.25) is 0 Å². The Balaban J connectivity index is 1.90. The molecule has 0 bridgehead atoms. The number of piperidine rings is 1. The number of nitrogens with zero attached hydrogens (tertiary/aromatic N) is 1. The van der Waals surface area contributed by atoms with E-state index in [1.807, 2.05) is 6.92 Å². The minimum absolute atomic E-state index is 0.102. The molecule has 1 aromatic rings. The predicted molar refractivity (Wildman–Crippen MR) is 90.1 cm³/mol. The first kappa shape index (κ1) is 16.1. The number of benzene rings is 1. The van der Waals surface area contributed by atoms with Crippen LogP contribution in [-0.2, 0) is 11.2 Å². The number of rotatable bonds is 4. The van der Waals surface area contributed by atoms with E-state index in [0.29, 0.717) is 12.2 Å². The molecule has 0 aliphatic carbocycles. The number of hydrogen-bond acceptors (Lipinski definition) is 4. The van der Waals surface area contributed by atoms with Crippen LogP contribution in [0, 0.1) is 5.92 Å². The van der Waals surface area contributed by atoms with Gasteiger partial charge in [0.05, 0.1) is 14.2 Å². The predicted octanol–water partition coefficient (Wildman–Crippen LogP) is 3.16. The molecule has 1 aromatic carbocycles. The lowest BCUT2D eigenvalue weighted by Gasteiger charge is -2.43. The number of hydrogen-bond donors (Lipinski definition) is 0. The van der Waals surface area contributed by atoms with Crippen molar-refractivity contribution in [2.75, 3.05) is 27.3 Å². The lowest BCUT2D eigenvalue weighted by atomic mass is 9.81. The van der Waals surface area contributed by atoms with Crippen LogP contribution in [0.15, 0.2) is 24.3 Å². The third-order valence-corrected chi connectivity index (χ3v) is 5.01. The van der Waals surface area contributed by atoms with Crippen LogP contribution in [0.4, 0.5) is 0 Å². The molecule has 2 aliphatic rings. The summed E-state index contributed by atoms with van der Waals surface area (Å²) >= 11 is 0. The summed E-state index contributed by atoms with van der Waals surface area (Å²) in [7, 11) is 3.31. The number of fused-ring (bicyclic) bond motifs is 3. The average Bonchev–Trinajstić information content (AvgIpc) is 2.53. The van der Waals surface area contributed by atoms with Crippen LogP contribution in [0.1, 0.15) is 36.9 Å². The molecule has 3 rings (SSSR count). The van der Waals surface area contributed by atoms with Gasteiger partial charge in [-0.2, -0.15) is 0 Å². The Kier molecular flexibility index (Phi) is 4.44. The van der Waals surface area contributed by atoms with Crippen molar-refractivity contribution in [2.45, 2.75) is 32.2 Å². The van der Waals surface area contributed by atoms with Gasteiger partial charge in [0.15, 0.2) is 11.5 Å². The smallest absolute Gasteiger partial charge is 0.161 e. The van der Waals surface area contributed by atoms with Crippen molar-refractivity contribution >= 4 is 5.78 Å². The number of allylic oxidation sites excluding steroid dienone is 1. The largest absolute Gasteiger partial charge is 0.493 e. The van der Waals surface area contributed by atoms with Crippen LogP contribution in [-0.4, -0.2) is 38.0 Å². The summed E-state index contributed by atoms with van der Waals surface area (Å²) in [5.41, 5.74) is 3.58. The third-order valence-electron chi connectivity index (χ3n) is 5.01. The second-order valence-electron chi connectivity index (χ2n) is 6.70. The molecule has 0 spiro atoms. The molecule has 2 heterocycles. The van der Waals surface area contributed by atoms with E-state index in [0.717, 1.165) is 43.0 Å². The van der Waals surface area contributed by atoms with Gasteiger partial charge in [-0.3, -0.25) is 9.69 Å². The molecule has 0 aromatic heterocycles. The van der Waals surface area contributed by atoms with Crippen LogP contribution in [0.25, 0.3) is 0 Å². The van der Waals surface area contributed by atoms with E-state index in [1.54, 1.807) is 14.2 Å². The van der Waals surface area contributed by atoms with Crippen molar-refractivity contribution in [3.05, 3.63) is 35.4 Å². The van der Waals surface area contributed by atoms with E-state index in [9.17, 15) is 4.79 Å². The van der Waals surface area contributed by atoms with Gasteiger partial charge in [-0.1, -0.05) is 5.57 Å². The van der Waals surface area contributed by atoms with Crippen LogP contribution >= 0.6 is 0 Å². The van der Waals surface area contributed by atoms with Crippen LogP contribution in [0.3, 0.4) is 0 Å². The van der Waals surface area contributed by atoms with Gasteiger partial charge in [0.2, 0.25) is 0 Å². The molecule has 4 heteroatoms. The molecule has 2 aliphatic heterocycles. The Morgan fingerprint density at radius 3 is 2.65 bits per heavy atom. The zero-order valence-electron chi connectivity index (χ0n) is 14.2. The highest BCUT2D eigenvalue weighted by Gasteiger charge is 2.38. The fourth-order valence-corrected chi connectivity index (χ4v) is 3.88. The van der Waals surface area contributed by atoms with Crippen LogP contribution in [0.5, 0.6) is 11.5 Å². The molecule has 124 valence electrons. The molecule has 2 atom stereocenters. The SMILES string of the molecule is C=C(C)CC1CN2CCc3cc(OC)c(OC)cc3C2CC1=O. The molecule has 0 radical (unpaired) electrons. The van der Waals surface area contributed by atoms with Crippen molar-refractivity contribution in [1.82, 2.24) is 4.90 Å². The Morgan fingerprint density at radius 2 is 2.00 bits per heavy atom. The monoisotopic (exact) mass is 315 g/mol. The Labute approximate surface area is 138 Å². The second-order valence-corrected chi connectivity index (χ2v) is 6.70. The van der Waals surface area contributed by atoms with E-state index in [-0.39, 0.29) is 12.0 Å². The first-order chi connectivity index (χ1) is 11.0. The number of carbonyl (C=O) groups excluding carboxylic acids is 1. The topological polar surface area (TPSA) is 38.8 Å². The van der Waals surface area contributed by atoms with E-state index in [1.165, 1.54) is 11.1 Å². The molecule has 0 N–H and O–H groups in total. The van der Waals surface area contributed by atoms with Crippen molar-refractivity contribution in [2.24, 2.45) is 5.92 Å². The summed E-state index contributed by atoms with van der Waals surface area (Å²) in [5.74, 6) is 1.97. The highest BCUT2D eigenvalue weighted by Crippen LogP contribution is 2.42. The Hall–Kier alpha value is -1.81. The molecule has 0 amide bonds. The zero-order chi connectivity index (χ0) is 16.6. The Morgan fingerprint density at radius 1 is 1.30 bits per heavy atom. The molecule has 2 unspecified atom stereocenters. The Bertz CT molecular complexity index is 638. The number of methoxy groups -OCH3 is 2. The normalized spacial score (nSPS) is 23.9. The molecular weight excluding hydrogens is 290 g/mol. The van der Waals surface area contributed by atoms with Crippen molar-refractivity contribution in [3.63, 3.8) is 0 Å². The summed E-state index contributed by atoms with van der Waals surface area (Å²) in [4.78, 5) is 15.0. The van der Waals surface area contributed by atoms with Gasteiger partial charge >= 0.3 is 0 Å². The lowest BCUT2D eigenvalue weighted by Crippen LogP contribution is -2.46. The maximum atomic E-state index is 12.5. The highest BCUT2D eigenvalue weighted by molar-refractivity contribution is 5.83. The summed E-state index contributed by atoms with van der Waals surface area (Å²) in [6.07, 6.45) is 2.38. The first-order valence-corrected chi connectivity index (χ1v) is 8.19. The van der Waals surface area contributed by atoms with E-state index in [2.05, 4.69) is 23.6 Å². The van der Waals surface area contributed by atoms with Gasteiger partial charge in [-0.25, -0.2) is 0 Å². The fraction of sp³-hybridized carbons (Fsp3) is 0.526. The van der Waals surface area contributed by atoms with Crippen molar-refractivity contribution in [1.29, 1.82) is 0 Å². The average molecular weight is 315 g/mol. The minimum Gasteiger partial charge on any atom is -0.493 e. The summed E-state index contributed by atoms with van der Waals surface area (Å²) < 4.78 is 10.8. The van der Waals surface area contributed by atoms with E-state index >= 15 is 0 Å². The fourth-order valence-electron chi connectivity index (χ4n) is 3.88. The number of ether oxygens (including phenoxy) is 2.